The zero-order valence-corrected chi connectivity index (χ0v) is 13.3. The van der Waals surface area contributed by atoms with Crippen LogP contribution in [0.1, 0.15) is 31.0 Å². The van der Waals surface area contributed by atoms with E-state index in [-0.39, 0.29) is 12.4 Å². The molecule has 0 spiro atoms. The first-order valence-corrected chi connectivity index (χ1v) is 7.48. The molecule has 0 amide bonds. The van der Waals surface area contributed by atoms with Crippen LogP contribution in [0.2, 0.25) is 0 Å². The number of esters is 1. The van der Waals surface area contributed by atoms with Gasteiger partial charge in [0.1, 0.15) is 29.2 Å². The Hall–Kier alpha value is -3.27. The highest BCUT2D eigenvalue weighted by atomic mass is 16.5. The topological polar surface area (TPSA) is 100 Å². The van der Waals surface area contributed by atoms with Gasteiger partial charge in [0.05, 0.1) is 18.4 Å². The van der Waals surface area contributed by atoms with Gasteiger partial charge in [-0.1, -0.05) is 12.1 Å². The second-order valence-electron chi connectivity index (χ2n) is 5.34. The Labute approximate surface area is 138 Å². The molecule has 0 bridgehead atoms. The molecular formula is C17H16N4O3. The number of phenolic OH excluding ortho intramolecular Hbond substituents is 1. The van der Waals surface area contributed by atoms with Crippen LogP contribution in [0.15, 0.2) is 41.7 Å². The second-order valence-corrected chi connectivity index (χ2v) is 5.34. The number of benzene rings is 1. The maximum atomic E-state index is 12.5. The molecule has 24 heavy (non-hydrogen) atoms. The van der Waals surface area contributed by atoms with E-state index in [1.54, 1.807) is 42.8 Å². The van der Waals surface area contributed by atoms with Gasteiger partial charge in [-0.25, -0.2) is 9.48 Å². The van der Waals surface area contributed by atoms with Crippen molar-refractivity contribution in [2.75, 3.05) is 11.9 Å². The third kappa shape index (κ3) is 2.48. The predicted molar refractivity (Wildman–Crippen MR) is 86.1 cm³/mol. The molecule has 1 aliphatic heterocycles. The molecule has 3 rings (SSSR count). The van der Waals surface area contributed by atoms with Gasteiger partial charge in [-0.3, -0.25) is 0 Å². The molecule has 2 aromatic rings. The van der Waals surface area contributed by atoms with Crippen molar-refractivity contribution >= 4 is 11.8 Å². The zero-order chi connectivity index (χ0) is 17.3. The Kier molecular flexibility index (Phi) is 3.96. The molecule has 1 aliphatic rings. The highest BCUT2D eigenvalue weighted by Crippen LogP contribution is 2.38. The Balaban J connectivity index is 2.21. The molecule has 2 heterocycles. The summed E-state index contributed by atoms with van der Waals surface area (Å²) in [5.74, 6) is 0.132. The van der Waals surface area contributed by atoms with Crippen LogP contribution in [0.25, 0.3) is 0 Å². The summed E-state index contributed by atoms with van der Waals surface area (Å²) < 4.78 is 6.74. The molecule has 0 radical (unpaired) electrons. The standard InChI is InChI=1S/C17H16N4O3/c1-3-24-17(23)14-10(2)20-16-12(8-18)9-19-21(16)15(14)11-5-4-6-13(22)7-11/h4-7,9,15,20,22H,3H2,1-2H3. The summed E-state index contributed by atoms with van der Waals surface area (Å²) in [7, 11) is 0. The number of nitrogens with zero attached hydrogens (tertiary/aromatic N) is 3. The largest absolute Gasteiger partial charge is 0.508 e. The number of nitriles is 1. The minimum atomic E-state index is -0.588. The van der Waals surface area contributed by atoms with Gasteiger partial charge in [0.25, 0.3) is 0 Å². The number of carbonyl (C=O) groups excluding carboxylic acids is 1. The number of allylic oxidation sites excluding steroid dienone is 1. The van der Waals surface area contributed by atoms with Crippen LogP contribution in [0.5, 0.6) is 5.75 Å². The van der Waals surface area contributed by atoms with Crippen molar-refractivity contribution in [1.29, 1.82) is 5.26 Å². The molecular weight excluding hydrogens is 308 g/mol. The number of nitrogens with one attached hydrogen (secondary N) is 1. The van der Waals surface area contributed by atoms with Crippen molar-refractivity contribution in [2.24, 2.45) is 0 Å². The molecule has 0 fully saturated rings. The molecule has 1 unspecified atom stereocenters. The van der Waals surface area contributed by atoms with Crippen molar-refractivity contribution < 1.29 is 14.6 Å². The Morgan fingerprint density at radius 2 is 2.33 bits per heavy atom. The molecule has 122 valence electrons. The maximum Gasteiger partial charge on any atom is 0.338 e. The van der Waals surface area contributed by atoms with Gasteiger partial charge in [-0.05, 0) is 31.5 Å². The van der Waals surface area contributed by atoms with Gasteiger partial charge in [-0.15, -0.1) is 0 Å². The number of hydrogen-bond acceptors (Lipinski definition) is 6. The molecule has 7 nitrogen and oxygen atoms in total. The first-order valence-electron chi connectivity index (χ1n) is 7.48. The Morgan fingerprint density at radius 3 is 3.00 bits per heavy atom. The van der Waals surface area contributed by atoms with Crippen LogP contribution >= 0.6 is 0 Å². The van der Waals surface area contributed by atoms with Crippen LogP contribution < -0.4 is 5.32 Å². The van der Waals surface area contributed by atoms with Gasteiger partial charge in [0, 0.05) is 5.70 Å². The smallest absolute Gasteiger partial charge is 0.338 e. The number of ether oxygens (including phenoxy) is 1. The van der Waals surface area contributed by atoms with Crippen molar-refractivity contribution in [3.63, 3.8) is 0 Å². The molecule has 1 atom stereocenters. The second kappa shape index (κ2) is 6.08. The number of anilines is 1. The number of fused-ring (bicyclic) bond motifs is 1. The monoisotopic (exact) mass is 324 g/mol. The number of aromatic hydroxyl groups is 1. The predicted octanol–water partition coefficient (Wildman–Crippen LogP) is 2.31. The average Bonchev–Trinajstić information content (AvgIpc) is 2.96. The van der Waals surface area contributed by atoms with Gasteiger partial charge in [0.15, 0.2) is 0 Å². The van der Waals surface area contributed by atoms with Crippen LogP contribution in [0, 0.1) is 11.3 Å². The summed E-state index contributed by atoms with van der Waals surface area (Å²) in [5, 5.41) is 26.4. The summed E-state index contributed by atoms with van der Waals surface area (Å²) in [6.45, 7) is 3.73. The third-order valence-electron chi connectivity index (χ3n) is 3.83. The number of phenols is 1. The Morgan fingerprint density at radius 1 is 1.54 bits per heavy atom. The van der Waals surface area contributed by atoms with Crippen LogP contribution in [0.3, 0.4) is 0 Å². The average molecular weight is 324 g/mol. The lowest BCUT2D eigenvalue weighted by Crippen LogP contribution is -2.29. The first-order chi connectivity index (χ1) is 11.6. The van der Waals surface area contributed by atoms with Crippen molar-refractivity contribution in [3.8, 4) is 11.8 Å². The van der Waals surface area contributed by atoms with Crippen LogP contribution in [-0.4, -0.2) is 27.5 Å². The number of hydrogen-bond donors (Lipinski definition) is 2. The molecule has 0 aliphatic carbocycles. The molecule has 7 heteroatoms. The van der Waals surface area contributed by atoms with Gasteiger partial charge < -0.3 is 15.2 Å². The molecule has 2 N–H and O–H groups in total. The number of aromatic nitrogens is 2. The van der Waals surface area contributed by atoms with Crippen molar-refractivity contribution in [1.82, 2.24) is 9.78 Å². The fourth-order valence-electron chi connectivity index (χ4n) is 2.81. The first kappa shape index (κ1) is 15.6. The maximum absolute atomic E-state index is 12.5. The van der Waals surface area contributed by atoms with E-state index in [1.807, 2.05) is 0 Å². The highest BCUT2D eigenvalue weighted by molar-refractivity contribution is 5.92. The van der Waals surface area contributed by atoms with Crippen molar-refractivity contribution in [3.05, 3.63) is 52.9 Å². The lowest BCUT2D eigenvalue weighted by molar-refractivity contribution is -0.139. The van der Waals surface area contributed by atoms with E-state index in [9.17, 15) is 15.2 Å². The minimum absolute atomic E-state index is 0.0844. The van der Waals surface area contributed by atoms with E-state index in [1.165, 1.54) is 6.20 Å². The van der Waals surface area contributed by atoms with Crippen molar-refractivity contribution in [2.45, 2.75) is 19.9 Å². The number of rotatable bonds is 3. The van der Waals surface area contributed by atoms with Crippen LogP contribution in [-0.2, 0) is 9.53 Å². The van der Waals surface area contributed by atoms with E-state index in [0.29, 0.717) is 28.2 Å². The summed E-state index contributed by atoms with van der Waals surface area (Å²) in [5.41, 5.74) is 2.03. The normalized spacial score (nSPS) is 16.1. The van der Waals surface area contributed by atoms with E-state index >= 15 is 0 Å². The minimum Gasteiger partial charge on any atom is -0.508 e. The summed E-state index contributed by atoms with van der Waals surface area (Å²) in [4.78, 5) is 12.5. The van der Waals surface area contributed by atoms with Gasteiger partial charge >= 0.3 is 5.97 Å². The molecule has 1 aromatic carbocycles. The van der Waals surface area contributed by atoms with E-state index < -0.39 is 12.0 Å². The highest BCUT2D eigenvalue weighted by Gasteiger charge is 2.35. The summed E-state index contributed by atoms with van der Waals surface area (Å²) in [6, 6.07) is 8.09. The fourth-order valence-corrected chi connectivity index (χ4v) is 2.81. The van der Waals surface area contributed by atoms with Gasteiger partial charge in [-0.2, -0.15) is 10.4 Å². The lowest BCUT2D eigenvalue weighted by atomic mass is 9.95. The SMILES string of the molecule is CCOC(=O)C1=C(C)Nc2c(C#N)cnn2C1c1cccc(O)c1. The van der Waals surface area contributed by atoms with E-state index in [2.05, 4.69) is 16.5 Å². The molecule has 1 aromatic heterocycles. The zero-order valence-electron chi connectivity index (χ0n) is 13.3. The summed E-state index contributed by atoms with van der Waals surface area (Å²) in [6.07, 6.45) is 1.44. The number of carbonyl (C=O) groups is 1. The summed E-state index contributed by atoms with van der Waals surface area (Å²) >= 11 is 0. The van der Waals surface area contributed by atoms with Crippen LogP contribution in [0.4, 0.5) is 5.82 Å². The van der Waals surface area contributed by atoms with E-state index in [4.69, 9.17) is 4.74 Å². The molecule has 0 saturated heterocycles. The molecule has 0 saturated carbocycles. The van der Waals surface area contributed by atoms with Gasteiger partial charge in [0.2, 0.25) is 0 Å². The fraction of sp³-hybridized carbons (Fsp3) is 0.235. The van der Waals surface area contributed by atoms with E-state index in [0.717, 1.165) is 0 Å². The quantitative estimate of drug-likeness (QED) is 0.840. The Bertz CT molecular complexity index is 876. The lowest BCUT2D eigenvalue weighted by Gasteiger charge is -2.29. The third-order valence-corrected chi connectivity index (χ3v) is 3.83.